The van der Waals surface area contributed by atoms with Gasteiger partial charge in [-0.1, -0.05) is 0 Å². The van der Waals surface area contributed by atoms with E-state index >= 15 is 0 Å². The maximum atomic E-state index is 13.2. The van der Waals surface area contributed by atoms with Crippen molar-refractivity contribution in [2.45, 2.75) is 6.54 Å². The number of hydrogen-bond donors (Lipinski definition) is 1. The van der Waals surface area contributed by atoms with Gasteiger partial charge in [0.1, 0.15) is 11.5 Å². The van der Waals surface area contributed by atoms with Crippen LogP contribution in [0.3, 0.4) is 0 Å². The highest BCUT2D eigenvalue weighted by atomic mass is 19.1. The SMILES string of the molecule is NCc1ccc(-c2ccncc2F)o1. The first kappa shape index (κ1) is 8.90. The molecule has 2 heterocycles. The van der Waals surface area contributed by atoms with Gasteiger partial charge in [-0.2, -0.15) is 0 Å². The molecular weight excluding hydrogens is 183 g/mol. The van der Waals surface area contributed by atoms with Crippen molar-refractivity contribution in [3.8, 4) is 11.3 Å². The molecule has 0 saturated carbocycles. The first-order valence-corrected chi connectivity index (χ1v) is 4.20. The standard InChI is InChI=1S/C10H9FN2O/c11-9-6-13-4-3-8(9)10-2-1-7(5-12)14-10/h1-4,6H,5,12H2. The van der Waals surface area contributed by atoms with E-state index in [9.17, 15) is 4.39 Å². The first-order valence-electron chi connectivity index (χ1n) is 4.20. The van der Waals surface area contributed by atoms with Gasteiger partial charge in [-0.15, -0.1) is 0 Å². The smallest absolute Gasteiger partial charge is 0.152 e. The molecule has 0 unspecified atom stereocenters. The van der Waals surface area contributed by atoms with E-state index < -0.39 is 5.82 Å². The molecule has 0 spiro atoms. The lowest BCUT2D eigenvalue weighted by Crippen LogP contribution is -1.92. The summed E-state index contributed by atoms with van der Waals surface area (Å²) in [6.07, 6.45) is 2.67. The van der Waals surface area contributed by atoms with Gasteiger partial charge in [0.05, 0.1) is 18.3 Å². The van der Waals surface area contributed by atoms with Crippen molar-refractivity contribution in [3.63, 3.8) is 0 Å². The minimum absolute atomic E-state index is 0.312. The molecule has 2 rings (SSSR count). The van der Waals surface area contributed by atoms with Crippen LogP contribution in [0.5, 0.6) is 0 Å². The Morgan fingerprint density at radius 3 is 2.86 bits per heavy atom. The maximum Gasteiger partial charge on any atom is 0.152 e. The highest BCUT2D eigenvalue weighted by molar-refractivity contribution is 5.57. The fourth-order valence-electron chi connectivity index (χ4n) is 1.21. The van der Waals surface area contributed by atoms with Crippen LogP contribution in [0.15, 0.2) is 35.0 Å². The maximum absolute atomic E-state index is 13.2. The van der Waals surface area contributed by atoms with Gasteiger partial charge < -0.3 is 10.2 Å². The number of halogens is 1. The fraction of sp³-hybridized carbons (Fsp3) is 0.100. The topological polar surface area (TPSA) is 52.0 Å². The van der Waals surface area contributed by atoms with E-state index in [-0.39, 0.29) is 0 Å². The van der Waals surface area contributed by atoms with Crippen molar-refractivity contribution < 1.29 is 8.81 Å². The Kier molecular flexibility index (Phi) is 2.28. The van der Waals surface area contributed by atoms with Gasteiger partial charge in [0.25, 0.3) is 0 Å². The second-order valence-corrected chi connectivity index (χ2v) is 2.83. The first-order chi connectivity index (χ1) is 6.81. The molecule has 14 heavy (non-hydrogen) atoms. The van der Waals surface area contributed by atoms with Gasteiger partial charge in [-0.25, -0.2) is 4.39 Å². The molecule has 2 aromatic heterocycles. The Bertz CT molecular complexity index is 439. The molecule has 0 aliphatic rings. The van der Waals surface area contributed by atoms with Crippen LogP contribution in [0.4, 0.5) is 4.39 Å². The summed E-state index contributed by atoms with van der Waals surface area (Å²) in [7, 11) is 0. The Hall–Kier alpha value is -1.68. The second-order valence-electron chi connectivity index (χ2n) is 2.83. The normalized spacial score (nSPS) is 10.4. The molecule has 0 bridgehead atoms. The average Bonchev–Trinajstić information content (AvgIpc) is 2.67. The Morgan fingerprint density at radius 1 is 1.36 bits per heavy atom. The quantitative estimate of drug-likeness (QED) is 0.791. The molecule has 0 aliphatic heterocycles. The van der Waals surface area contributed by atoms with Gasteiger partial charge in [0.2, 0.25) is 0 Å². The molecule has 0 amide bonds. The lowest BCUT2D eigenvalue weighted by molar-refractivity contribution is 0.519. The van der Waals surface area contributed by atoms with E-state index in [0.29, 0.717) is 23.6 Å². The number of furan rings is 1. The van der Waals surface area contributed by atoms with Crippen LogP contribution in [0.2, 0.25) is 0 Å². The van der Waals surface area contributed by atoms with Gasteiger partial charge >= 0.3 is 0 Å². The van der Waals surface area contributed by atoms with E-state index in [4.69, 9.17) is 10.2 Å². The molecule has 2 aromatic rings. The predicted molar refractivity (Wildman–Crippen MR) is 49.8 cm³/mol. The van der Waals surface area contributed by atoms with Crippen LogP contribution in [0, 0.1) is 5.82 Å². The zero-order valence-corrected chi connectivity index (χ0v) is 7.40. The Labute approximate surface area is 80.4 Å². The van der Waals surface area contributed by atoms with E-state index in [0.717, 1.165) is 6.20 Å². The number of hydrogen-bond acceptors (Lipinski definition) is 3. The Morgan fingerprint density at radius 2 is 2.21 bits per heavy atom. The lowest BCUT2D eigenvalue weighted by atomic mass is 10.2. The molecule has 4 heteroatoms. The minimum atomic E-state index is -0.398. The monoisotopic (exact) mass is 192 g/mol. The number of nitrogens with zero attached hydrogens (tertiary/aromatic N) is 1. The van der Waals surface area contributed by atoms with Crippen molar-refractivity contribution in [2.24, 2.45) is 5.73 Å². The van der Waals surface area contributed by atoms with Crippen molar-refractivity contribution in [1.29, 1.82) is 0 Å². The summed E-state index contributed by atoms with van der Waals surface area (Å²) in [5, 5.41) is 0. The van der Waals surface area contributed by atoms with Crippen LogP contribution in [-0.4, -0.2) is 4.98 Å². The van der Waals surface area contributed by atoms with Crippen molar-refractivity contribution in [1.82, 2.24) is 4.98 Å². The average molecular weight is 192 g/mol. The van der Waals surface area contributed by atoms with Crippen molar-refractivity contribution in [2.75, 3.05) is 0 Å². The molecule has 0 saturated heterocycles. The number of rotatable bonds is 2. The van der Waals surface area contributed by atoms with E-state index in [1.165, 1.54) is 6.20 Å². The molecule has 0 fully saturated rings. The van der Waals surface area contributed by atoms with Gasteiger partial charge in [0, 0.05) is 6.20 Å². The van der Waals surface area contributed by atoms with Gasteiger partial charge in [-0.05, 0) is 18.2 Å². The minimum Gasteiger partial charge on any atom is -0.460 e. The summed E-state index contributed by atoms with van der Waals surface area (Å²) in [4.78, 5) is 3.66. The molecule has 0 radical (unpaired) electrons. The summed E-state index contributed by atoms with van der Waals surface area (Å²) in [6.45, 7) is 0.312. The summed E-state index contributed by atoms with van der Waals surface area (Å²) in [6, 6.07) is 4.99. The lowest BCUT2D eigenvalue weighted by Gasteiger charge is -1.97. The number of aromatic nitrogens is 1. The van der Waals surface area contributed by atoms with Crippen LogP contribution in [-0.2, 0) is 6.54 Å². The molecule has 2 N–H and O–H groups in total. The molecular formula is C10H9FN2O. The third-order valence-corrected chi connectivity index (χ3v) is 1.90. The number of pyridine rings is 1. The zero-order valence-electron chi connectivity index (χ0n) is 7.40. The van der Waals surface area contributed by atoms with E-state index in [1.54, 1.807) is 18.2 Å². The van der Waals surface area contributed by atoms with Crippen LogP contribution in [0.1, 0.15) is 5.76 Å². The highest BCUT2D eigenvalue weighted by Gasteiger charge is 2.08. The van der Waals surface area contributed by atoms with Crippen LogP contribution in [0.25, 0.3) is 11.3 Å². The second kappa shape index (κ2) is 3.59. The van der Waals surface area contributed by atoms with Gasteiger partial charge in [0.15, 0.2) is 5.82 Å². The fourth-order valence-corrected chi connectivity index (χ4v) is 1.21. The summed E-state index contributed by atoms with van der Waals surface area (Å²) in [5.74, 6) is 0.715. The molecule has 0 aliphatic carbocycles. The summed E-state index contributed by atoms with van der Waals surface area (Å²) < 4.78 is 18.5. The third-order valence-electron chi connectivity index (χ3n) is 1.90. The third kappa shape index (κ3) is 1.52. The zero-order chi connectivity index (χ0) is 9.97. The highest BCUT2D eigenvalue weighted by Crippen LogP contribution is 2.23. The summed E-state index contributed by atoms with van der Waals surface area (Å²) >= 11 is 0. The van der Waals surface area contributed by atoms with E-state index in [1.807, 2.05) is 0 Å². The molecule has 3 nitrogen and oxygen atoms in total. The molecule has 72 valence electrons. The molecule has 0 aromatic carbocycles. The van der Waals surface area contributed by atoms with Crippen molar-refractivity contribution >= 4 is 0 Å². The predicted octanol–water partition coefficient (Wildman–Crippen LogP) is 1.94. The Balaban J connectivity index is 2.44. The molecule has 0 atom stereocenters. The summed E-state index contributed by atoms with van der Waals surface area (Å²) in [5.41, 5.74) is 5.78. The van der Waals surface area contributed by atoms with Gasteiger partial charge in [-0.3, -0.25) is 4.98 Å². The number of nitrogens with two attached hydrogens (primary N) is 1. The van der Waals surface area contributed by atoms with Crippen molar-refractivity contribution in [3.05, 3.63) is 42.2 Å². The van der Waals surface area contributed by atoms with Crippen LogP contribution < -0.4 is 5.73 Å². The van der Waals surface area contributed by atoms with Crippen LogP contribution >= 0.6 is 0 Å². The largest absolute Gasteiger partial charge is 0.460 e. The van der Waals surface area contributed by atoms with E-state index in [2.05, 4.69) is 4.98 Å².